The van der Waals surface area contributed by atoms with Crippen LogP contribution in [-0.2, 0) is 4.74 Å². The van der Waals surface area contributed by atoms with Crippen LogP contribution >= 0.6 is 0 Å². The molecule has 1 aromatic carbocycles. The molecule has 0 aliphatic carbocycles. The van der Waals surface area contributed by atoms with Crippen molar-refractivity contribution < 1.29 is 13.9 Å². The number of pyridine rings is 1. The molecule has 0 spiro atoms. The number of hydrogen-bond donors (Lipinski definition) is 1. The quantitative estimate of drug-likeness (QED) is 0.465. The van der Waals surface area contributed by atoms with E-state index in [4.69, 9.17) is 5.10 Å². The summed E-state index contributed by atoms with van der Waals surface area (Å²) in [7, 11) is 1.27. The molecular weight excluding hydrogens is 415 g/mol. The first-order valence-corrected chi connectivity index (χ1v) is 9.45. The Hall–Kier alpha value is -4.67. The summed E-state index contributed by atoms with van der Waals surface area (Å²) < 4.78 is 21.3. The second-order valence-electron chi connectivity index (χ2n) is 6.71. The lowest BCUT2D eigenvalue weighted by molar-refractivity contribution is 0.187. The Balaban J connectivity index is 1.64. The van der Waals surface area contributed by atoms with E-state index in [2.05, 4.69) is 30.3 Å². The van der Waals surface area contributed by atoms with Gasteiger partial charge in [-0.25, -0.2) is 18.9 Å². The lowest BCUT2D eigenvalue weighted by Crippen LogP contribution is -2.11. The zero-order valence-electron chi connectivity index (χ0n) is 16.7. The predicted molar refractivity (Wildman–Crippen MR) is 113 cm³/mol. The van der Waals surface area contributed by atoms with Crippen LogP contribution < -0.4 is 5.32 Å². The van der Waals surface area contributed by atoms with Gasteiger partial charge in [-0.1, -0.05) is 0 Å². The van der Waals surface area contributed by atoms with Gasteiger partial charge in [0.25, 0.3) is 0 Å². The van der Waals surface area contributed by atoms with Crippen LogP contribution in [0.4, 0.5) is 15.0 Å². The Labute approximate surface area is 180 Å². The Morgan fingerprint density at radius 2 is 1.91 bits per heavy atom. The number of nitrogens with zero attached hydrogens (tertiary/aromatic N) is 7. The van der Waals surface area contributed by atoms with E-state index in [0.29, 0.717) is 28.5 Å². The minimum Gasteiger partial charge on any atom is -0.453 e. The number of amides is 1. The summed E-state index contributed by atoms with van der Waals surface area (Å²) in [4.78, 5) is 15.7. The molecule has 0 atom stereocenters. The summed E-state index contributed by atoms with van der Waals surface area (Å²) in [5.41, 5.74) is 3.39. The maximum atomic E-state index is 13.5. The van der Waals surface area contributed by atoms with Crippen LogP contribution in [0.25, 0.3) is 33.8 Å². The number of benzene rings is 1. The zero-order chi connectivity index (χ0) is 22.1. The summed E-state index contributed by atoms with van der Waals surface area (Å²) in [5.74, 6) is 0.507. The highest BCUT2D eigenvalue weighted by Crippen LogP contribution is 2.32. The molecule has 4 aromatic heterocycles. The number of ether oxygens (including phenoxy) is 1. The highest BCUT2D eigenvalue weighted by atomic mass is 19.1. The molecule has 1 N–H and O–H groups in total. The topological polar surface area (TPSA) is 112 Å². The number of methoxy groups -OCH3 is 1. The molecule has 1 amide bonds. The van der Waals surface area contributed by atoms with Gasteiger partial charge in [0.15, 0.2) is 11.5 Å². The van der Waals surface area contributed by atoms with Crippen molar-refractivity contribution in [1.82, 2.24) is 34.6 Å². The lowest BCUT2D eigenvalue weighted by Gasteiger charge is -2.06. The van der Waals surface area contributed by atoms with E-state index in [1.165, 1.54) is 25.6 Å². The van der Waals surface area contributed by atoms with Crippen LogP contribution in [0.3, 0.4) is 0 Å². The first-order valence-electron chi connectivity index (χ1n) is 9.45. The van der Waals surface area contributed by atoms with Crippen LogP contribution in [0.15, 0.2) is 67.3 Å². The van der Waals surface area contributed by atoms with Gasteiger partial charge in [0.05, 0.1) is 7.11 Å². The molecular formula is C21H15FN8O2. The number of carbonyl (C=O) groups is 1. The van der Waals surface area contributed by atoms with E-state index >= 15 is 0 Å². The molecule has 11 heteroatoms. The highest BCUT2D eigenvalue weighted by Gasteiger charge is 2.16. The van der Waals surface area contributed by atoms with Crippen molar-refractivity contribution in [3.63, 3.8) is 0 Å². The van der Waals surface area contributed by atoms with Crippen LogP contribution in [0.2, 0.25) is 0 Å². The molecule has 0 aliphatic heterocycles. The van der Waals surface area contributed by atoms with E-state index in [0.717, 1.165) is 11.1 Å². The van der Waals surface area contributed by atoms with Crippen molar-refractivity contribution in [2.75, 3.05) is 12.4 Å². The van der Waals surface area contributed by atoms with Gasteiger partial charge >= 0.3 is 6.09 Å². The van der Waals surface area contributed by atoms with E-state index in [9.17, 15) is 9.18 Å². The fraction of sp³-hybridized carbons (Fsp3) is 0.0476. The number of anilines is 1. The lowest BCUT2D eigenvalue weighted by atomic mass is 10.0. The van der Waals surface area contributed by atoms with E-state index < -0.39 is 6.09 Å². The Bertz CT molecular complexity index is 1430. The zero-order valence-corrected chi connectivity index (χ0v) is 16.7. The molecule has 32 heavy (non-hydrogen) atoms. The molecule has 10 nitrogen and oxygen atoms in total. The Kier molecular flexibility index (Phi) is 4.75. The summed E-state index contributed by atoms with van der Waals surface area (Å²) in [6.45, 7) is 0. The van der Waals surface area contributed by atoms with Gasteiger partial charge in [-0.15, -0.1) is 15.3 Å². The molecule has 0 unspecified atom stereocenters. The number of carbonyl (C=O) groups excluding carboxylic acids is 1. The van der Waals surface area contributed by atoms with Crippen LogP contribution in [0, 0.1) is 5.82 Å². The summed E-state index contributed by atoms with van der Waals surface area (Å²) >= 11 is 0. The van der Waals surface area contributed by atoms with Crippen LogP contribution in [0.5, 0.6) is 0 Å². The SMILES string of the molecule is COC(=O)Nc1cc(-c2cn(-c3ccc4nncn4n3)nc2-c2ccc(F)cc2)ccn1. The van der Waals surface area contributed by atoms with Gasteiger partial charge in [0, 0.05) is 23.5 Å². The number of fused-ring (bicyclic) bond motifs is 1. The number of halogens is 1. The van der Waals surface area contributed by atoms with Crippen LogP contribution in [-0.4, -0.2) is 47.8 Å². The smallest absolute Gasteiger partial charge is 0.412 e. The number of nitrogens with one attached hydrogen (secondary N) is 1. The second-order valence-corrected chi connectivity index (χ2v) is 6.71. The monoisotopic (exact) mass is 430 g/mol. The fourth-order valence-corrected chi connectivity index (χ4v) is 3.19. The molecule has 4 heterocycles. The van der Waals surface area contributed by atoms with Crippen molar-refractivity contribution in [2.45, 2.75) is 0 Å². The molecule has 0 bridgehead atoms. The van der Waals surface area contributed by atoms with Gasteiger partial charge in [0.2, 0.25) is 0 Å². The minimum absolute atomic E-state index is 0.316. The Morgan fingerprint density at radius 3 is 2.72 bits per heavy atom. The van der Waals surface area contributed by atoms with Gasteiger partial charge in [-0.05, 0) is 54.1 Å². The first kappa shape index (κ1) is 19.3. The summed E-state index contributed by atoms with van der Waals surface area (Å²) in [6, 6.07) is 13.1. The molecule has 0 aliphatic rings. The van der Waals surface area contributed by atoms with E-state index in [-0.39, 0.29) is 5.82 Å². The molecule has 0 saturated carbocycles. The predicted octanol–water partition coefficient (Wildman–Crippen LogP) is 3.36. The normalized spacial score (nSPS) is 10.9. The molecule has 0 radical (unpaired) electrons. The average Bonchev–Trinajstić information content (AvgIpc) is 3.46. The molecule has 0 fully saturated rings. The van der Waals surface area contributed by atoms with Crippen molar-refractivity contribution in [3.05, 3.63) is 73.1 Å². The van der Waals surface area contributed by atoms with Crippen molar-refractivity contribution in [2.24, 2.45) is 0 Å². The Morgan fingerprint density at radius 1 is 1.06 bits per heavy atom. The van der Waals surface area contributed by atoms with Gasteiger partial charge < -0.3 is 4.74 Å². The number of aromatic nitrogens is 7. The van der Waals surface area contributed by atoms with Crippen molar-refractivity contribution in [1.29, 1.82) is 0 Å². The van der Waals surface area contributed by atoms with E-state index in [1.807, 2.05) is 0 Å². The summed E-state index contributed by atoms with van der Waals surface area (Å²) in [6.07, 6.45) is 4.23. The number of rotatable bonds is 4. The third-order valence-electron chi connectivity index (χ3n) is 4.70. The number of hydrogen-bond acceptors (Lipinski definition) is 7. The highest BCUT2D eigenvalue weighted by molar-refractivity contribution is 5.86. The molecule has 0 saturated heterocycles. The third kappa shape index (κ3) is 3.62. The largest absolute Gasteiger partial charge is 0.453 e. The summed E-state index contributed by atoms with van der Waals surface area (Å²) in [5, 5.41) is 19.5. The van der Waals surface area contributed by atoms with Gasteiger partial charge in [0.1, 0.15) is 23.7 Å². The van der Waals surface area contributed by atoms with Gasteiger partial charge in [-0.2, -0.15) is 9.61 Å². The fourth-order valence-electron chi connectivity index (χ4n) is 3.19. The maximum absolute atomic E-state index is 13.5. The maximum Gasteiger partial charge on any atom is 0.412 e. The van der Waals surface area contributed by atoms with Crippen molar-refractivity contribution >= 4 is 17.6 Å². The van der Waals surface area contributed by atoms with Crippen molar-refractivity contribution in [3.8, 4) is 28.2 Å². The third-order valence-corrected chi connectivity index (χ3v) is 4.70. The second kappa shape index (κ2) is 7.87. The van der Waals surface area contributed by atoms with E-state index in [1.54, 1.807) is 58.0 Å². The van der Waals surface area contributed by atoms with Gasteiger partial charge in [-0.3, -0.25) is 5.32 Å². The minimum atomic E-state index is -0.629. The average molecular weight is 430 g/mol. The molecule has 5 rings (SSSR count). The first-order chi connectivity index (χ1) is 15.6. The molecule has 158 valence electrons. The van der Waals surface area contributed by atoms with Crippen LogP contribution in [0.1, 0.15) is 0 Å². The standard InChI is InChI=1S/C21H15FN8O2/c1-32-21(31)25-17-10-14(8-9-23-17)16-11-29(19-7-6-18-26-24-12-30(18)27-19)28-20(16)13-2-4-15(22)5-3-13/h2-12H,1H3,(H,23,25,31). The molecule has 5 aromatic rings.